The van der Waals surface area contributed by atoms with E-state index in [1.807, 2.05) is 6.92 Å². The molecule has 6 nitrogen and oxygen atoms in total. The number of rotatable bonds is 2. The van der Waals surface area contributed by atoms with Crippen LogP contribution in [0.1, 0.15) is 21.7 Å². The number of methoxy groups -OCH3 is 1. The Morgan fingerprint density at radius 2 is 2.15 bits per heavy atom. The van der Waals surface area contributed by atoms with Gasteiger partial charge < -0.3 is 14.4 Å². The van der Waals surface area contributed by atoms with Gasteiger partial charge in [0.15, 0.2) is 6.04 Å². The Kier molecular flexibility index (Phi) is 4.34. The van der Waals surface area contributed by atoms with Crippen molar-refractivity contribution in [3.63, 3.8) is 0 Å². The van der Waals surface area contributed by atoms with Crippen LogP contribution in [-0.2, 0) is 14.3 Å². The van der Waals surface area contributed by atoms with Gasteiger partial charge in [0.1, 0.15) is 0 Å². The molecule has 0 spiro atoms. The van der Waals surface area contributed by atoms with Crippen molar-refractivity contribution in [3.8, 4) is 0 Å². The first-order valence-corrected chi connectivity index (χ1v) is 6.45. The van der Waals surface area contributed by atoms with Crippen LogP contribution in [0.5, 0.6) is 0 Å². The molecule has 108 valence electrons. The van der Waals surface area contributed by atoms with Gasteiger partial charge >= 0.3 is 5.97 Å². The van der Waals surface area contributed by atoms with Crippen LogP contribution in [0.15, 0.2) is 12.1 Å². The lowest BCUT2D eigenvalue weighted by Crippen LogP contribution is -2.53. The first kappa shape index (κ1) is 14.5. The van der Waals surface area contributed by atoms with Gasteiger partial charge in [-0.15, -0.1) is 0 Å². The fourth-order valence-electron chi connectivity index (χ4n) is 2.25. The van der Waals surface area contributed by atoms with E-state index >= 15 is 0 Å². The van der Waals surface area contributed by atoms with Gasteiger partial charge in [-0.3, -0.25) is 9.78 Å². The van der Waals surface area contributed by atoms with E-state index in [9.17, 15) is 9.59 Å². The molecule has 1 amide bonds. The first-order valence-electron chi connectivity index (χ1n) is 6.45. The van der Waals surface area contributed by atoms with Crippen LogP contribution < -0.4 is 0 Å². The van der Waals surface area contributed by atoms with Crippen molar-refractivity contribution < 1.29 is 19.1 Å². The summed E-state index contributed by atoms with van der Waals surface area (Å²) in [7, 11) is 1.30. The molecule has 2 heterocycles. The monoisotopic (exact) mass is 278 g/mol. The van der Waals surface area contributed by atoms with E-state index in [0.717, 1.165) is 5.69 Å². The molecule has 1 aliphatic rings. The summed E-state index contributed by atoms with van der Waals surface area (Å²) in [6, 6.07) is 2.83. The molecule has 6 heteroatoms. The second-order valence-electron chi connectivity index (χ2n) is 4.70. The van der Waals surface area contributed by atoms with Crippen molar-refractivity contribution in [2.24, 2.45) is 0 Å². The average Bonchev–Trinajstić information content (AvgIpc) is 2.46. The molecular formula is C14H18N2O4. The third-order valence-electron chi connectivity index (χ3n) is 3.32. The number of carbonyl (C=O) groups excluding carboxylic acids is 2. The van der Waals surface area contributed by atoms with E-state index in [1.165, 1.54) is 12.0 Å². The maximum atomic E-state index is 12.6. The number of aromatic nitrogens is 1. The fraction of sp³-hybridized carbons (Fsp3) is 0.500. The third kappa shape index (κ3) is 2.80. The molecule has 0 N–H and O–H groups in total. The van der Waals surface area contributed by atoms with Crippen molar-refractivity contribution >= 4 is 11.9 Å². The van der Waals surface area contributed by atoms with Crippen LogP contribution in [0.2, 0.25) is 0 Å². The van der Waals surface area contributed by atoms with Crippen molar-refractivity contribution in [1.29, 1.82) is 0 Å². The van der Waals surface area contributed by atoms with E-state index in [0.29, 0.717) is 24.4 Å². The molecule has 1 aromatic heterocycles. The van der Waals surface area contributed by atoms with Crippen LogP contribution in [0.3, 0.4) is 0 Å². The summed E-state index contributed by atoms with van der Waals surface area (Å²) in [5, 5.41) is 0. The van der Waals surface area contributed by atoms with Gasteiger partial charge in [0.05, 0.1) is 31.6 Å². The van der Waals surface area contributed by atoms with Gasteiger partial charge in [-0.05, 0) is 26.0 Å². The minimum Gasteiger partial charge on any atom is -0.467 e. The summed E-state index contributed by atoms with van der Waals surface area (Å²) in [4.78, 5) is 30.1. The zero-order chi connectivity index (χ0) is 14.7. The number of carbonyl (C=O) groups is 2. The molecule has 1 aromatic rings. The summed E-state index contributed by atoms with van der Waals surface area (Å²) in [5.41, 5.74) is 2.02. The van der Waals surface area contributed by atoms with E-state index in [1.54, 1.807) is 19.1 Å². The molecule has 0 aliphatic carbocycles. The molecule has 2 rings (SSSR count). The summed E-state index contributed by atoms with van der Waals surface area (Å²) >= 11 is 0. The number of ether oxygens (including phenoxy) is 2. The van der Waals surface area contributed by atoms with Gasteiger partial charge in [0, 0.05) is 12.2 Å². The Balaban J connectivity index is 2.27. The predicted molar refractivity (Wildman–Crippen MR) is 71.4 cm³/mol. The number of hydrogen-bond acceptors (Lipinski definition) is 5. The Bertz CT molecular complexity index is 530. The molecule has 1 saturated heterocycles. The normalized spacial score (nSPS) is 18.8. The van der Waals surface area contributed by atoms with E-state index < -0.39 is 12.0 Å². The quantitative estimate of drug-likeness (QED) is 0.745. The highest BCUT2D eigenvalue weighted by molar-refractivity contribution is 5.97. The molecule has 1 atom stereocenters. The highest BCUT2D eigenvalue weighted by Crippen LogP contribution is 2.16. The van der Waals surface area contributed by atoms with Crippen LogP contribution >= 0.6 is 0 Å². The topological polar surface area (TPSA) is 68.7 Å². The number of hydrogen-bond donors (Lipinski definition) is 0. The van der Waals surface area contributed by atoms with Crippen molar-refractivity contribution in [1.82, 2.24) is 9.88 Å². The average molecular weight is 278 g/mol. The second-order valence-corrected chi connectivity index (χ2v) is 4.70. The smallest absolute Gasteiger partial charge is 0.331 e. The molecule has 0 aromatic carbocycles. The first-order chi connectivity index (χ1) is 9.54. The van der Waals surface area contributed by atoms with Crippen LogP contribution in [-0.4, -0.2) is 54.7 Å². The molecule has 0 bridgehead atoms. The standard InChI is InChI=1S/C14H18N2O4/c1-9-4-5-11(10(2)15-9)13(17)16-6-7-20-8-12(16)14(18)19-3/h4-5,12H,6-8H2,1-3H3. The second kappa shape index (κ2) is 6.00. The maximum absolute atomic E-state index is 12.6. The molecular weight excluding hydrogens is 260 g/mol. The van der Waals surface area contributed by atoms with Gasteiger partial charge in [0.25, 0.3) is 5.91 Å². The van der Waals surface area contributed by atoms with Gasteiger partial charge in [0.2, 0.25) is 0 Å². The Morgan fingerprint density at radius 1 is 1.40 bits per heavy atom. The lowest BCUT2D eigenvalue weighted by atomic mass is 10.1. The minimum absolute atomic E-state index is 0.163. The molecule has 0 radical (unpaired) electrons. The summed E-state index contributed by atoms with van der Waals surface area (Å²) < 4.78 is 9.99. The van der Waals surface area contributed by atoms with Crippen molar-refractivity contribution in [3.05, 3.63) is 29.1 Å². The van der Waals surface area contributed by atoms with Crippen molar-refractivity contribution in [2.75, 3.05) is 26.9 Å². The lowest BCUT2D eigenvalue weighted by molar-refractivity contribution is -0.151. The van der Waals surface area contributed by atoms with E-state index in [-0.39, 0.29) is 12.5 Å². The lowest BCUT2D eigenvalue weighted by Gasteiger charge is -2.33. The third-order valence-corrected chi connectivity index (χ3v) is 3.32. The van der Waals surface area contributed by atoms with Gasteiger partial charge in [-0.1, -0.05) is 0 Å². The van der Waals surface area contributed by atoms with Crippen LogP contribution in [0.4, 0.5) is 0 Å². The van der Waals surface area contributed by atoms with Gasteiger partial charge in [-0.2, -0.15) is 0 Å². The Labute approximate surface area is 117 Å². The zero-order valence-electron chi connectivity index (χ0n) is 11.9. The number of amides is 1. The summed E-state index contributed by atoms with van der Waals surface area (Å²) in [5.74, 6) is -0.676. The largest absolute Gasteiger partial charge is 0.467 e. The fourth-order valence-corrected chi connectivity index (χ4v) is 2.25. The minimum atomic E-state index is -0.693. The number of morpholine rings is 1. The Morgan fingerprint density at radius 3 is 2.80 bits per heavy atom. The van der Waals surface area contributed by atoms with Crippen molar-refractivity contribution in [2.45, 2.75) is 19.9 Å². The van der Waals surface area contributed by atoms with E-state index in [2.05, 4.69) is 4.98 Å². The summed E-state index contributed by atoms with van der Waals surface area (Å²) in [6.07, 6.45) is 0. The van der Waals surface area contributed by atoms with E-state index in [4.69, 9.17) is 9.47 Å². The highest BCUT2D eigenvalue weighted by Gasteiger charge is 2.34. The molecule has 1 unspecified atom stereocenters. The van der Waals surface area contributed by atoms with Crippen LogP contribution in [0.25, 0.3) is 0 Å². The number of aryl methyl sites for hydroxylation is 2. The zero-order valence-corrected chi connectivity index (χ0v) is 11.9. The van der Waals surface area contributed by atoms with Crippen LogP contribution in [0, 0.1) is 13.8 Å². The number of pyridine rings is 1. The predicted octanol–water partition coefficient (Wildman–Crippen LogP) is 0.712. The maximum Gasteiger partial charge on any atom is 0.331 e. The highest BCUT2D eigenvalue weighted by atomic mass is 16.5. The SMILES string of the molecule is COC(=O)C1COCCN1C(=O)c1ccc(C)nc1C. The summed E-state index contributed by atoms with van der Waals surface area (Å²) in [6.45, 7) is 4.60. The number of esters is 1. The van der Waals surface area contributed by atoms with Gasteiger partial charge in [-0.25, -0.2) is 4.79 Å². The molecule has 0 saturated carbocycles. The molecule has 20 heavy (non-hydrogen) atoms. The molecule has 1 fully saturated rings. The molecule has 1 aliphatic heterocycles. The number of nitrogens with zero attached hydrogens (tertiary/aromatic N) is 2. The Hall–Kier alpha value is -1.95.